The van der Waals surface area contributed by atoms with Gasteiger partial charge in [-0.15, -0.1) is 0 Å². The van der Waals surface area contributed by atoms with Crippen molar-refractivity contribution in [2.24, 2.45) is 5.10 Å². The second kappa shape index (κ2) is 8.57. The summed E-state index contributed by atoms with van der Waals surface area (Å²) in [6, 6.07) is 12.4. The lowest BCUT2D eigenvalue weighted by Crippen LogP contribution is -2.18. The summed E-state index contributed by atoms with van der Waals surface area (Å²) in [5, 5.41) is 3.97. The SMILES string of the molecule is CCOc1ccccc1C(=O)N/N=C/c1ccc(OC)c(OC)c1. The van der Waals surface area contributed by atoms with E-state index >= 15 is 0 Å². The first-order valence-electron chi connectivity index (χ1n) is 7.46. The largest absolute Gasteiger partial charge is 0.493 e. The zero-order valence-corrected chi connectivity index (χ0v) is 13.9. The van der Waals surface area contributed by atoms with E-state index in [1.165, 1.54) is 6.21 Å². The molecule has 0 heterocycles. The summed E-state index contributed by atoms with van der Waals surface area (Å²) < 4.78 is 15.8. The summed E-state index contributed by atoms with van der Waals surface area (Å²) in [5.74, 6) is 1.41. The minimum absolute atomic E-state index is 0.337. The standard InChI is InChI=1S/C18H20N2O4/c1-4-24-15-8-6-5-7-14(15)18(21)20-19-12-13-9-10-16(22-2)17(11-13)23-3/h5-12H,4H2,1-3H3,(H,20,21)/b19-12+. The normalized spacial score (nSPS) is 10.5. The Bertz CT molecular complexity index is 729. The van der Waals surface area contributed by atoms with E-state index in [0.29, 0.717) is 29.4 Å². The summed E-state index contributed by atoms with van der Waals surface area (Å²) in [5.41, 5.74) is 3.69. The number of hydrazone groups is 1. The summed E-state index contributed by atoms with van der Waals surface area (Å²) in [7, 11) is 3.13. The van der Waals surface area contributed by atoms with E-state index in [2.05, 4.69) is 10.5 Å². The number of carbonyl (C=O) groups is 1. The lowest BCUT2D eigenvalue weighted by Gasteiger charge is -2.08. The van der Waals surface area contributed by atoms with Crippen LogP contribution in [0, 0.1) is 0 Å². The number of hydrogen-bond acceptors (Lipinski definition) is 5. The molecule has 0 aliphatic rings. The van der Waals surface area contributed by atoms with Crippen molar-refractivity contribution in [3.05, 3.63) is 53.6 Å². The van der Waals surface area contributed by atoms with E-state index in [9.17, 15) is 4.79 Å². The quantitative estimate of drug-likeness (QED) is 0.627. The predicted octanol–water partition coefficient (Wildman–Crippen LogP) is 2.87. The Hall–Kier alpha value is -3.02. The van der Waals surface area contributed by atoms with Gasteiger partial charge in [0.25, 0.3) is 5.91 Å². The number of carbonyl (C=O) groups excluding carboxylic acids is 1. The van der Waals surface area contributed by atoms with Crippen LogP contribution < -0.4 is 19.6 Å². The molecule has 0 bridgehead atoms. The van der Waals surface area contributed by atoms with Crippen molar-refractivity contribution < 1.29 is 19.0 Å². The van der Waals surface area contributed by atoms with Crippen LogP contribution in [0.1, 0.15) is 22.8 Å². The Morgan fingerprint density at radius 3 is 2.54 bits per heavy atom. The molecule has 0 atom stereocenters. The van der Waals surface area contributed by atoms with Gasteiger partial charge in [0.15, 0.2) is 11.5 Å². The van der Waals surface area contributed by atoms with E-state index in [4.69, 9.17) is 14.2 Å². The van der Waals surface area contributed by atoms with Gasteiger partial charge in [-0.25, -0.2) is 5.43 Å². The highest BCUT2D eigenvalue weighted by atomic mass is 16.5. The van der Waals surface area contributed by atoms with E-state index in [1.807, 2.05) is 19.1 Å². The van der Waals surface area contributed by atoms with Crippen LogP contribution in [0.3, 0.4) is 0 Å². The number of ether oxygens (including phenoxy) is 3. The first-order valence-corrected chi connectivity index (χ1v) is 7.46. The van der Waals surface area contributed by atoms with Crippen LogP contribution >= 0.6 is 0 Å². The van der Waals surface area contributed by atoms with Gasteiger partial charge in [0.1, 0.15) is 5.75 Å². The maximum Gasteiger partial charge on any atom is 0.275 e. The van der Waals surface area contributed by atoms with Crippen molar-refractivity contribution in [3.63, 3.8) is 0 Å². The molecule has 0 aliphatic heterocycles. The Balaban J connectivity index is 2.07. The minimum atomic E-state index is -0.337. The van der Waals surface area contributed by atoms with Gasteiger partial charge in [0.2, 0.25) is 0 Å². The van der Waals surface area contributed by atoms with Crippen LogP contribution in [0.4, 0.5) is 0 Å². The molecule has 2 rings (SSSR count). The van der Waals surface area contributed by atoms with E-state index in [0.717, 1.165) is 5.56 Å². The minimum Gasteiger partial charge on any atom is -0.493 e. The van der Waals surface area contributed by atoms with Crippen molar-refractivity contribution in [1.29, 1.82) is 0 Å². The average Bonchev–Trinajstić information content (AvgIpc) is 2.62. The maximum atomic E-state index is 12.2. The monoisotopic (exact) mass is 328 g/mol. The second-order valence-corrected chi connectivity index (χ2v) is 4.74. The van der Waals surface area contributed by atoms with Gasteiger partial charge in [0, 0.05) is 0 Å². The Labute approximate surface area is 141 Å². The van der Waals surface area contributed by atoms with Crippen LogP contribution in [-0.2, 0) is 0 Å². The third-order valence-corrected chi connectivity index (χ3v) is 3.22. The van der Waals surface area contributed by atoms with Crippen molar-refractivity contribution in [2.75, 3.05) is 20.8 Å². The highest BCUT2D eigenvalue weighted by molar-refractivity contribution is 5.97. The maximum absolute atomic E-state index is 12.2. The molecule has 0 aromatic heterocycles. The summed E-state index contributed by atoms with van der Waals surface area (Å²) in [6.07, 6.45) is 1.53. The van der Waals surface area contributed by atoms with Gasteiger partial charge < -0.3 is 14.2 Å². The molecular weight excluding hydrogens is 308 g/mol. The fourth-order valence-electron chi connectivity index (χ4n) is 2.09. The number of benzene rings is 2. The topological polar surface area (TPSA) is 69.2 Å². The number of rotatable bonds is 7. The highest BCUT2D eigenvalue weighted by Crippen LogP contribution is 2.26. The lowest BCUT2D eigenvalue weighted by molar-refractivity contribution is 0.0951. The molecule has 24 heavy (non-hydrogen) atoms. The van der Waals surface area contributed by atoms with Crippen molar-refractivity contribution in [2.45, 2.75) is 6.92 Å². The number of amides is 1. The zero-order chi connectivity index (χ0) is 17.4. The number of para-hydroxylation sites is 1. The van der Waals surface area contributed by atoms with Crippen LogP contribution in [0.25, 0.3) is 0 Å². The van der Waals surface area contributed by atoms with Gasteiger partial charge in [-0.05, 0) is 42.8 Å². The van der Waals surface area contributed by atoms with E-state index in [1.54, 1.807) is 44.6 Å². The van der Waals surface area contributed by atoms with Gasteiger partial charge in [-0.2, -0.15) is 5.10 Å². The average molecular weight is 328 g/mol. The smallest absolute Gasteiger partial charge is 0.275 e. The van der Waals surface area contributed by atoms with Crippen LogP contribution in [-0.4, -0.2) is 32.9 Å². The molecule has 0 aliphatic carbocycles. The second-order valence-electron chi connectivity index (χ2n) is 4.74. The summed E-state index contributed by atoms with van der Waals surface area (Å²) in [4.78, 5) is 12.2. The number of hydrogen-bond donors (Lipinski definition) is 1. The molecule has 2 aromatic rings. The van der Waals surface area contributed by atoms with Gasteiger partial charge in [0.05, 0.1) is 32.6 Å². The molecule has 0 spiro atoms. The van der Waals surface area contributed by atoms with Gasteiger partial charge in [-0.3, -0.25) is 4.79 Å². The third-order valence-electron chi connectivity index (χ3n) is 3.22. The predicted molar refractivity (Wildman–Crippen MR) is 92.2 cm³/mol. The molecule has 6 nitrogen and oxygen atoms in total. The third kappa shape index (κ3) is 4.25. The summed E-state index contributed by atoms with van der Waals surface area (Å²) in [6.45, 7) is 2.35. The number of nitrogens with zero attached hydrogens (tertiary/aromatic N) is 1. The van der Waals surface area contributed by atoms with Crippen molar-refractivity contribution in [3.8, 4) is 17.2 Å². The summed E-state index contributed by atoms with van der Waals surface area (Å²) >= 11 is 0. The molecule has 0 saturated heterocycles. The van der Waals surface area contributed by atoms with Crippen LogP contribution in [0.2, 0.25) is 0 Å². The van der Waals surface area contributed by atoms with Gasteiger partial charge in [-0.1, -0.05) is 12.1 Å². The highest BCUT2D eigenvalue weighted by Gasteiger charge is 2.10. The molecular formula is C18H20N2O4. The lowest BCUT2D eigenvalue weighted by atomic mass is 10.2. The number of nitrogens with one attached hydrogen (secondary N) is 1. The fourth-order valence-corrected chi connectivity index (χ4v) is 2.09. The first-order chi connectivity index (χ1) is 11.7. The molecule has 2 aromatic carbocycles. The van der Waals surface area contributed by atoms with E-state index < -0.39 is 0 Å². The van der Waals surface area contributed by atoms with E-state index in [-0.39, 0.29) is 5.91 Å². The molecule has 0 radical (unpaired) electrons. The number of methoxy groups -OCH3 is 2. The Morgan fingerprint density at radius 1 is 1.08 bits per heavy atom. The Morgan fingerprint density at radius 2 is 1.83 bits per heavy atom. The molecule has 0 saturated carbocycles. The zero-order valence-electron chi connectivity index (χ0n) is 13.9. The molecule has 6 heteroatoms. The fraction of sp³-hybridized carbons (Fsp3) is 0.222. The molecule has 0 unspecified atom stereocenters. The molecule has 1 amide bonds. The van der Waals surface area contributed by atoms with Crippen molar-refractivity contribution >= 4 is 12.1 Å². The van der Waals surface area contributed by atoms with Crippen LogP contribution in [0.5, 0.6) is 17.2 Å². The van der Waals surface area contributed by atoms with Gasteiger partial charge >= 0.3 is 0 Å². The molecule has 1 N–H and O–H groups in total. The molecule has 0 fully saturated rings. The van der Waals surface area contributed by atoms with Crippen molar-refractivity contribution in [1.82, 2.24) is 5.43 Å². The molecule has 126 valence electrons. The van der Waals surface area contributed by atoms with Crippen LogP contribution in [0.15, 0.2) is 47.6 Å². The first kappa shape index (κ1) is 17.3. The Kier molecular flexibility index (Phi) is 6.19.